The molecule has 2 spiro atoms. The highest BCUT2D eigenvalue weighted by atomic mass is 35.5. The number of Topliss-reactive ketones (excluding diaryl/α,β-unsaturated/α-hetero) is 1. The number of nitrogens with two attached hydrogens (primary N) is 1. The summed E-state index contributed by atoms with van der Waals surface area (Å²) in [6, 6.07) is 18.2. The number of ketones is 1. The lowest BCUT2D eigenvalue weighted by Crippen LogP contribution is -2.63. The van der Waals surface area contributed by atoms with Crippen LogP contribution in [0.25, 0.3) is 21.9 Å². The van der Waals surface area contributed by atoms with Crippen LogP contribution in [0.5, 0.6) is 0 Å². The molecule has 6 saturated heterocycles. The molecule has 8 heterocycles. The molecule has 8 fully saturated rings. The molecule has 2 atom stereocenters. The molecule has 2 aromatic heterocycles. The van der Waals surface area contributed by atoms with Gasteiger partial charge in [0, 0.05) is 39.9 Å². The minimum absolute atomic E-state index is 0. The molecule has 2 aromatic carbocycles. The number of hydrogen-bond donors (Lipinski definition) is 1. The van der Waals surface area contributed by atoms with Crippen LogP contribution in [-0.4, -0.2) is 65.0 Å². The van der Waals surface area contributed by atoms with Gasteiger partial charge in [-0.1, -0.05) is 30.3 Å². The van der Waals surface area contributed by atoms with E-state index in [0.29, 0.717) is 35.2 Å². The van der Waals surface area contributed by atoms with Gasteiger partial charge in [-0.25, -0.2) is 0 Å². The zero-order valence-corrected chi connectivity index (χ0v) is 27.1. The fourth-order valence-electron chi connectivity index (χ4n) is 9.08. The molecule has 2 saturated carbocycles. The summed E-state index contributed by atoms with van der Waals surface area (Å²) in [7, 11) is 0. The largest absolute Gasteiger partial charge is 0.464 e. The van der Waals surface area contributed by atoms with Crippen molar-refractivity contribution in [3.63, 3.8) is 0 Å². The normalized spacial score (nSPS) is 29.7. The third kappa shape index (κ3) is 6.10. The molecule has 0 unspecified atom stereocenters. The van der Waals surface area contributed by atoms with Crippen molar-refractivity contribution < 1.29 is 23.2 Å². The maximum atomic E-state index is 12.8. The highest BCUT2D eigenvalue weighted by molar-refractivity contribution is 5.99. The Kier molecular flexibility index (Phi) is 9.56. The standard InChI is InChI=1S/C19H21NO2.C9H16N2.C8H6O.CO2.ClH/c21-17(15-2-1-14-5-10-22-18(14)11-15)12-16-13-3-8-20(9-4-13)19(16)6-7-19;10-8-7-1-5-11(6-2-7)9(8)3-4-9;1-2-4-8-7(3-1)5-6-9-8;2-1-3;/h1-2,5,10-11,13,16H,3-4,6-9,12H2;7-8H,1-6,10H2;1-6H;;1H/t16-;8-;;;/m11.../s1. The number of halogens is 1. The van der Waals surface area contributed by atoms with Crippen LogP contribution >= 0.6 is 12.4 Å². The van der Waals surface area contributed by atoms with Crippen molar-refractivity contribution in [2.75, 3.05) is 26.2 Å². The molecule has 244 valence electrons. The molecule has 4 aromatic rings. The number of hydrogen-bond acceptors (Lipinski definition) is 8. The van der Waals surface area contributed by atoms with Crippen molar-refractivity contribution in [2.24, 2.45) is 23.5 Å². The number of para-hydroxylation sites is 1. The number of fused-ring (bicyclic) bond motifs is 6. The highest BCUT2D eigenvalue weighted by Crippen LogP contribution is 2.58. The smallest absolute Gasteiger partial charge is 0.373 e. The predicted octanol–water partition coefficient (Wildman–Crippen LogP) is 6.72. The SMILES string of the molecule is Cl.N[C@@H]1C2CCN(CC2)C12CC2.O=C(C[C@@H]1C2CCN(CC2)C12CC2)c1ccc2ccoc2c1.O=C=O.c1ccc2occc2c1. The Balaban J connectivity index is 0.000000129. The van der Waals surface area contributed by atoms with Crippen LogP contribution in [-0.2, 0) is 9.59 Å². The van der Waals surface area contributed by atoms with E-state index in [9.17, 15) is 4.79 Å². The lowest BCUT2D eigenvalue weighted by atomic mass is 9.69. The first kappa shape index (κ1) is 32.7. The summed E-state index contributed by atoms with van der Waals surface area (Å²) in [6.07, 6.45) is 15.0. The van der Waals surface area contributed by atoms with Gasteiger partial charge in [0.25, 0.3) is 0 Å². The molecular formula is C37H44ClN3O5. The maximum absolute atomic E-state index is 12.8. The van der Waals surface area contributed by atoms with E-state index >= 15 is 0 Å². The summed E-state index contributed by atoms with van der Waals surface area (Å²) < 4.78 is 10.6. The second-order valence-corrected chi connectivity index (χ2v) is 13.8. The Labute approximate surface area is 276 Å². The summed E-state index contributed by atoms with van der Waals surface area (Å²) in [6.45, 7) is 5.18. The van der Waals surface area contributed by atoms with Gasteiger partial charge in [-0.15, -0.1) is 12.4 Å². The summed E-state index contributed by atoms with van der Waals surface area (Å²) in [5.74, 6) is 2.50. The third-order valence-electron chi connectivity index (χ3n) is 11.8. The fraction of sp³-hybridized carbons (Fsp3) is 0.514. The molecule has 0 amide bonds. The van der Waals surface area contributed by atoms with Gasteiger partial charge in [0.1, 0.15) is 11.2 Å². The van der Waals surface area contributed by atoms with Crippen molar-refractivity contribution in [2.45, 2.75) is 74.9 Å². The van der Waals surface area contributed by atoms with Gasteiger partial charge in [-0.2, -0.15) is 9.59 Å². The summed E-state index contributed by atoms with van der Waals surface area (Å²) >= 11 is 0. The van der Waals surface area contributed by atoms with Crippen LogP contribution in [0.15, 0.2) is 76.0 Å². The summed E-state index contributed by atoms with van der Waals surface area (Å²) in [5.41, 5.74) is 9.72. The molecule has 4 bridgehead atoms. The van der Waals surface area contributed by atoms with E-state index in [1.807, 2.05) is 54.6 Å². The molecule has 6 aliphatic heterocycles. The Hall–Kier alpha value is -3.26. The van der Waals surface area contributed by atoms with Gasteiger partial charge in [-0.3, -0.25) is 14.6 Å². The predicted molar refractivity (Wildman–Crippen MR) is 178 cm³/mol. The Morgan fingerprint density at radius 3 is 1.87 bits per heavy atom. The van der Waals surface area contributed by atoms with Gasteiger partial charge in [0.15, 0.2) is 5.78 Å². The number of piperidine rings is 6. The second-order valence-electron chi connectivity index (χ2n) is 13.8. The van der Waals surface area contributed by atoms with Crippen LogP contribution in [0.4, 0.5) is 0 Å². The van der Waals surface area contributed by atoms with Crippen LogP contribution in [0, 0.1) is 17.8 Å². The van der Waals surface area contributed by atoms with Crippen molar-refractivity contribution in [3.05, 3.63) is 72.7 Å². The van der Waals surface area contributed by atoms with Gasteiger partial charge in [0.05, 0.1) is 12.5 Å². The lowest BCUT2D eigenvalue weighted by molar-refractivity contribution is -0.191. The number of rotatable bonds is 3. The summed E-state index contributed by atoms with van der Waals surface area (Å²) in [4.78, 5) is 34.4. The topological polar surface area (TPSA) is 110 Å². The van der Waals surface area contributed by atoms with E-state index < -0.39 is 0 Å². The van der Waals surface area contributed by atoms with Crippen molar-refractivity contribution in [1.29, 1.82) is 0 Å². The first-order valence-electron chi connectivity index (χ1n) is 16.6. The Morgan fingerprint density at radius 1 is 0.761 bits per heavy atom. The van der Waals surface area contributed by atoms with Gasteiger partial charge in [-0.05, 0) is 120 Å². The Morgan fingerprint density at radius 2 is 1.30 bits per heavy atom. The summed E-state index contributed by atoms with van der Waals surface area (Å²) in [5, 5.41) is 2.23. The van der Waals surface area contributed by atoms with E-state index in [-0.39, 0.29) is 18.6 Å². The van der Waals surface area contributed by atoms with E-state index in [1.54, 1.807) is 12.5 Å². The van der Waals surface area contributed by atoms with E-state index in [0.717, 1.165) is 39.3 Å². The van der Waals surface area contributed by atoms with Crippen molar-refractivity contribution in [3.8, 4) is 0 Å². The molecular weight excluding hydrogens is 602 g/mol. The average molecular weight is 646 g/mol. The number of carbonyl (C=O) groups excluding carboxylic acids is 3. The molecule has 2 aliphatic carbocycles. The number of nitrogens with zero attached hydrogens (tertiary/aromatic N) is 2. The Bertz CT molecular complexity index is 1630. The molecule has 2 N–H and O–H groups in total. The zero-order valence-electron chi connectivity index (χ0n) is 26.3. The van der Waals surface area contributed by atoms with Crippen LogP contribution < -0.4 is 5.73 Å². The van der Waals surface area contributed by atoms with E-state index in [1.165, 1.54) is 77.5 Å². The van der Waals surface area contributed by atoms with Crippen molar-refractivity contribution in [1.82, 2.24) is 9.80 Å². The number of furan rings is 2. The monoisotopic (exact) mass is 645 g/mol. The molecule has 46 heavy (non-hydrogen) atoms. The van der Waals surface area contributed by atoms with Gasteiger partial charge < -0.3 is 14.6 Å². The lowest BCUT2D eigenvalue weighted by Gasteiger charge is -2.52. The van der Waals surface area contributed by atoms with Crippen LogP contribution in [0.2, 0.25) is 0 Å². The molecule has 8 nitrogen and oxygen atoms in total. The van der Waals surface area contributed by atoms with E-state index in [2.05, 4.69) is 9.80 Å². The minimum atomic E-state index is 0. The fourth-order valence-corrected chi connectivity index (χ4v) is 9.08. The molecule has 8 aliphatic rings. The van der Waals surface area contributed by atoms with Crippen LogP contribution in [0.3, 0.4) is 0 Å². The average Bonchev–Trinajstić information content (AvgIpc) is 3.94. The minimum Gasteiger partial charge on any atom is -0.464 e. The van der Waals surface area contributed by atoms with Gasteiger partial charge in [0.2, 0.25) is 0 Å². The number of carbonyl (C=O) groups is 1. The molecule has 0 radical (unpaired) electrons. The van der Waals surface area contributed by atoms with Crippen LogP contribution in [0.1, 0.15) is 68.1 Å². The maximum Gasteiger partial charge on any atom is 0.373 e. The zero-order chi connectivity index (χ0) is 31.0. The molecule has 9 heteroatoms. The third-order valence-corrected chi connectivity index (χ3v) is 11.8. The first-order chi connectivity index (χ1) is 22.0. The number of benzene rings is 2. The molecule has 12 rings (SSSR count). The highest BCUT2D eigenvalue weighted by Gasteiger charge is 2.60. The quantitative estimate of drug-likeness (QED) is 0.245. The van der Waals surface area contributed by atoms with Crippen molar-refractivity contribution >= 4 is 46.3 Å². The van der Waals surface area contributed by atoms with Gasteiger partial charge >= 0.3 is 6.15 Å². The van der Waals surface area contributed by atoms with E-state index in [4.69, 9.17) is 24.2 Å². The first-order valence-corrected chi connectivity index (χ1v) is 16.6. The second kappa shape index (κ2) is 13.5.